The van der Waals surface area contributed by atoms with E-state index in [2.05, 4.69) is 33.5 Å². The average molecular weight is 478 g/mol. The molecular formula is C22H27N3OS4. The van der Waals surface area contributed by atoms with E-state index >= 15 is 0 Å². The minimum atomic E-state index is 0.0788. The summed E-state index contributed by atoms with van der Waals surface area (Å²) in [6.45, 7) is 1.99. The number of pyridine rings is 1. The number of nitrogens with one attached hydrogen (secondary N) is 1. The highest BCUT2D eigenvalue weighted by Crippen LogP contribution is 2.34. The minimum Gasteiger partial charge on any atom is -0.323 e. The van der Waals surface area contributed by atoms with E-state index in [-0.39, 0.29) is 5.91 Å². The summed E-state index contributed by atoms with van der Waals surface area (Å²) in [6.07, 6.45) is 8.86. The fourth-order valence-corrected chi connectivity index (χ4v) is 6.50. The summed E-state index contributed by atoms with van der Waals surface area (Å²) >= 11 is 6.82. The van der Waals surface area contributed by atoms with Crippen LogP contribution in [0.25, 0.3) is 10.2 Å². The minimum absolute atomic E-state index is 0.0788. The third-order valence-corrected chi connectivity index (χ3v) is 8.26. The lowest BCUT2D eigenvalue weighted by atomic mass is 10.1. The maximum absolute atomic E-state index is 12.4. The second kappa shape index (κ2) is 12.0. The number of nitrogens with zero attached hydrogens (tertiary/aromatic N) is 2. The quantitative estimate of drug-likeness (QED) is 0.234. The number of thiazole rings is 1. The monoisotopic (exact) mass is 477 g/mol. The van der Waals surface area contributed by atoms with E-state index < -0.39 is 0 Å². The van der Waals surface area contributed by atoms with Crippen LogP contribution in [0.2, 0.25) is 0 Å². The second-order valence-corrected chi connectivity index (χ2v) is 10.9. The van der Waals surface area contributed by atoms with Crippen LogP contribution in [0.15, 0.2) is 44.6 Å². The van der Waals surface area contributed by atoms with Gasteiger partial charge in [-0.25, -0.2) is 9.97 Å². The van der Waals surface area contributed by atoms with Crippen molar-refractivity contribution in [2.45, 2.75) is 53.3 Å². The van der Waals surface area contributed by atoms with Crippen LogP contribution in [-0.2, 0) is 4.79 Å². The molecule has 0 aliphatic rings. The van der Waals surface area contributed by atoms with Gasteiger partial charge in [0.05, 0.1) is 15.9 Å². The van der Waals surface area contributed by atoms with Gasteiger partial charge in [-0.1, -0.05) is 36.7 Å². The van der Waals surface area contributed by atoms with E-state index in [9.17, 15) is 4.79 Å². The smallest absolute Gasteiger partial charge is 0.224 e. The van der Waals surface area contributed by atoms with Crippen molar-refractivity contribution in [3.8, 4) is 0 Å². The molecule has 0 atom stereocenters. The van der Waals surface area contributed by atoms with E-state index in [4.69, 9.17) is 0 Å². The molecule has 0 unspecified atom stereocenters. The lowest BCUT2D eigenvalue weighted by Gasteiger charge is -2.14. The molecule has 4 nitrogen and oxygen atoms in total. The number of hydrogen-bond donors (Lipinski definition) is 1. The number of hydrogen-bond acceptors (Lipinski definition) is 7. The van der Waals surface area contributed by atoms with E-state index in [1.807, 2.05) is 43.3 Å². The van der Waals surface area contributed by atoms with Crippen molar-refractivity contribution in [2.24, 2.45) is 0 Å². The number of para-hydroxylation sites is 1. The number of aryl methyl sites for hydroxylation is 1. The van der Waals surface area contributed by atoms with Crippen molar-refractivity contribution in [3.05, 3.63) is 36.0 Å². The number of unbranched alkanes of at least 4 members (excludes halogenated alkanes) is 3. The largest absolute Gasteiger partial charge is 0.323 e. The van der Waals surface area contributed by atoms with Crippen LogP contribution in [0.3, 0.4) is 0 Å². The Bertz CT molecular complexity index is 931. The zero-order valence-electron chi connectivity index (χ0n) is 17.6. The summed E-state index contributed by atoms with van der Waals surface area (Å²) in [5.74, 6) is 1.16. The van der Waals surface area contributed by atoms with E-state index in [0.29, 0.717) is 6.42 Å². The molecule has 1 aromatic carbocycles. The van der Waals surface area contributed by atoms with Crippen molar-refractivity contribution < 1.29 is 4.79 Å². The highest BCUT2D eigenvalue weighted by Gasteiger charge is 2.13. The van der Waals surface area contributed by atoms with Gasteiger partial charge in [-0.3, -0.25) is 4.79 Å². The zero-order valence-corrected chi connectivity index (χ0v) is 20.8. The Hall–Kier alpha value is -1.22. The van der Waals surface area contributed by atoms with Gasteiger partial charge in [-0.15, -0.1) is 34.9 Å². The molecule has 0 fully saturated rings. The summed E-state index contributed by atoms with van der Waals surface area (Å²) in [5, 5.41) is 3.98. The number of rotatable bonds is 11. The molecule has 2 heterocycles. The first kappa shape index (κ1) is 23.4. The van der Waals surface area contributed by atoms with E-state index in [1.54, 1.807) is 34.9 Å². The number of aromatic nitrogens is 2. The number of thioether (sulfide) groups is 3. The zero-order chi connectivity index (χ0) is 21.3. The van der Waals surface area contributed by atoms with Gasteiger partial charge in [-0.05, 0) is 50.5 Å². The van der Waals surface area contributed by atoms with E-state index in [0.717, 1.165) is 62.6 Å². The number of benzene rings is 1. The maximum atomic E-state index is 12.4. The molecule has 8 heteroatoms. The summed E-state index contributed by atoms with van der Waals surface area (Å²) < 4.78 is 2.40. The summed E-state index contributed by atoms with van der Waals surface area (Å²) in [6, 6.07) is 10.3. The first-order valence-electron chi connectivity index (χ1n) is 9.98. The van der Waals surface area contributed by atoms with Crippen LogP contribution >= 0.6 is 46.6 Å². The van der Waals surface area contributed by atoms with Crippen molar-refractivity contribution in [1.82, 2.24) is 9.97 Å². The van der Waals surface area contributed by atoms with Crippen LogP contribution < -0.4 is 5.32 Å². The van der Waals surface area contributed by atoms with Crippen molar-refractivity contribution in [3.63, 3.8) is 0 Å². The van der Waals surface area contributed by atoms with Gasteiger partial charge in [0, 0.05) is 22.8 Å². The van der Waals surface area contributed by atoms with Crippen LogP contribution in [0, 0.1) is 6.92 Å². The lowest BCUT2D eigenvalue weighted by Crippen LogP contribution is -2.13. The molecule has 30 heavy (non-hydrogen) atoms. The Morgan fingerprint density at radius 3 is 2.63 bits per heavy atom. The molecule has 0 spiro atoms. The molecule has 3 rings (SSSR count). The van der Waals surface area contributed by atoms with Gasteiger partial charge < -0.3 is 5.32 Å². The number of carbonyl (C=O) groups is 1. The first-order chi connectivity index (χ1) is 14.6. The van der Waals surface area contributed by atoms with Crippen molar-refractivity contribution in [1.29, 1.82) is 0 Å². The Morgan fingerprint density at radius 1 is 1.07 bits per heavy atom. The van der Waals surface area contributed by atoms with Gasteiger partial charge >= 0.3 is 0 Å². The highest BCUT2D eigenvalue weighted by molar-refractivity contribution is 8.01. The molecule has 0 bridgehead atoms. The predicted molar refractivity (Wildman–Crippen MR) is 135 cm³/mol. The molecule has 1 amide bonds. The van der Waals surface area contributed by atoms with Gasteiger partial charge in [-0.2, -0.15) is 0 Å². The van der Waals surface area contributed by atoms with Crippen LogP contribution in [0.4, 0.5) is 5.69 Å². The third kappa shape index (κ3) is 6.64. The molecule has 3 aromatic rings. The Morgan fingerprint density at radius 2 is 1.87 bits per heavy atom. The predicted octanol–water partition coefficient (Wildman–Crippen LogP) is 7.12. The first-order valence-corrected chi connectivity index (χ1v) is 14.2. The van der Waals surface area contributed by atoms with Crippen LogP contribution in [0.1, 0.15) is 37.8 Å². The molecule has 1 N–H and O–H groups in total. The lowest BCUT2D eigenvalue weighted by molar-refractivity contribution is -0.116. The molecule has 0 saturated carbocycles. The van der Waals surface area contributed by atoms with Gasteiger partial charge in [0.15, 0.2) is 4.34 Å². The fourth-order valence-electron chi connectivity index (χ4n) is 3.05. The number of carbonyl (C=O) groups excluding carboxylic acids is 1. The van der Waals surface area contributed by atoms with Crippen LogP contribution in [-0.4, -0.2) is 34.1 Å². The van der Waals surface area contributed by atoms with Crippen LogP contribution in [0.5, 0.6) is 0 Å². The molecule has 0 aliphatic heterocycles. The Labute approximate surface area is 195 Å². The van der Waals surface area contributed by atoms with Crippen molar-refractivity contribution >= 4 is 68.4 Å². The topological polar surface area (TPSA) is 54.9 Å². The molecule has 160 valence electrons. The van der Waals surface area contributed by atoms with Gasteiger partial charge in [0.2, 0.25) is 5.91 Å². The Kier molecular flexibility index (Phi) is 9.36. The standard InChI is InChI=1S/C22H27N3OS4/c1-15-14-18(27-2)20(21(23-15)28-3)25-19(26)12-6-4-5-9-13-29-22-24-16-10-7-8-11-17(16)30-22/h7-8,10-11,14H,4-6,9,12-13H2,1-3H3,(H,25,26). The summed E-state index contributed by atoms with van der Waals surface area (Å²) in [5.41, 5.74) is 2.93. The Balaban J connectivity index is 1.35. The SMILES string of the molecule is CSc1cc(C)nc(SC)c1NC(=O)CCCCCCSc1nc2ccccc2s1. The summed E-state index contributed by atoms with van der Waals surface area (Å²) in [7, 11) is 0. The van der Waals surface area contributed by atoms with Gasteiger partial charge in [0.1, 0.15) is 5.03 Å². The number of fused-ring (bicyclic) bond motifs is 1. The number of anilines is 1. The van der Waals surface area contributed by atoms with E-state index in [1.165, 1.54) is 4.70 Å². The molecule has 0 saturated heterocycles. The maximum Gasteiger partial charge on any atom is 0.224 e. The van der Waals surface area contributed by atoms with Crippen molar-refractivity contribution in [2.75, 3.05) is 23.6 Å². The average Bonchev–Trinajstić information content (AvgIpc) is 3.16. The highest BCUT2D eigenvalue weighted by atomic mass is 32.2. The van der Waals surface area contributed by atoms with Gasteiger partial charge in [0.25, 0.3) is 0 Å². The molecule has 0 aliphatic carbocycles. The third-order valence-electron chi connectivity index (χ3n) is 4.55. The second-order valence-electron chi connectivity index (χ2n) is 6.86. The fraction of sp³-hybridized carbons (Fsp3) is 0.409. The normalized spacial score (nSPS) is 11.2. The molecular weight excluding hydrogens is 451 g/mol. The molecule has 0 radical (unpaired) electrons. The summed E-state index contributed by atoms with van der Waals surface area (Å²) in [4.78, 5) is 22.7. The number of amides is 1. The molecule has 2 aromatic heterocycles.